The molecule has 0 radical (unpaired) electrons. The molecule has 0 saturated carbocycles. The van der Waals surface area contributed by atoms with Crippen LogP contribution in [-0.2, 0) is 6.54 Å². The molecule has 0 fully saturated rings. The normalized spacial score (nSPS) is 9.95. The standard InChI is InChI=1S/C14H13N3O3/c15-7-3-8-17(10-11-4-2-9-20-11)14(19)12-5-1-6-13(18)16-12/h1-2,4-6,9H,3,8,10H2,(H,16,18). The second-order valence-electron chi connectivity index (χ2n) is 4.14. The van der Waals surface area contributed by atoms with Crippen molar-refractivity contribution in [3.8, 4) is 6.07 Å². The van der Waals surface area contributed by atoms with Crippen molar-refractivity contribution in [2.24, 2.45) is 0 Å². The molecule has 6 nitrogen and oxygen atoms in total. The van der Waals surface area contributed by atoms with Gasteiger partial charge in [-0.1, -0.05) is 6.07 Å². The highest BCUT2D eigenvalue weighted by molar-refractivity contribution is 5.92. The maximum Gasteiger partial charge on any atom is 0.270 e. The van der Waals surface area contributed by atoms with E-state index in [1.165, 1.54) is 29.4 Å². The molecular formula is C14H13N3O3. The van der Waals surface area contributed by atoms with Crippen molar-refractivity contribution in [3.63, 3.8) is 0 Å². The third kappa shape index (κ3) is 3.36. The number of nitriles is 1. The fourth-order valence-electron chi connectivity index (χ4n) is 1.77. The molecule has 2 aromatic rings. The van der Waals surface area contributed by atoms with Gasteiger partial charge in [-0.25, -0.2) is 0 Å². The summed E-state index contributed by atoms with van der Waals surface area (Å²) in [7, 11) is 0. The minimum atomic E-state index is -0.339. The van der Waals surface area contributed by atoms with E-state index in [9.17, 15) is 9.59 Å². The Kier molecular flexibility index (Phi) is 4.35. The van der Waals surface area contributed by atoms with E-state index in [1.807, 2.05) is 6.07 Å². The summed E-state index contributed by atoms with van der Waals surface area (Å²) in [6.45, 7) is 0.525. The van der Waals surface area contributed by atoms with Crippen LogP contribution in [0, 0.1) is 11.3 Å². The molecule has 0 atom stereocenters. The number of nitrogens with one attached hydrogen (secondary N) is 1. The highest BCUT2D eigenvalue weighted by Gasteiger charge is 2.17. The smallest absolute Gasteiger partial charge is 0.270 e. The van der Waals surface area contributed by atoms with E-state index in [1.54, 1.807) is 12.1 Å². The lowest BCUT2D eigenvalue weighted by Crippen LogP contribution is -2.32. The average Bonchev–Trinajstić information content (AvgIpc) is 2.95. The molecular weight excluding hydrogens is 258 g/mol. The van der Waals surface area contributed by atoms with Crippen LogP contribution in [0.4, 0.5) is 0 Å². The van der Waals surface area contributed by atoms with Gasteiger partial charge in [-0.3, -0.25) is 9.59 Å². The first-order valence-electron chi connectivity index (χ1n) is 6.08. The Bertz CT molecular complexity index is 667. The maximum atomic E-state index is 12.3. The first kappa shape index (κ1) is 13.6. The number of rotatable bonds is 5. The lowest BCUT2D eigenvalue weighted by molar-refractivity contribution is 0.0729. The molecule has 1 N–H and O–H groups in total. The van der Waals surface area contributed by atoms with Crippen LogP contribution in [0.15, 0.2) is 45.8 Å². The quantitative estimate of drug-likeness (QED) is 0.892. The molecule has 0 spiro atoms. The zero-order valence-corrected chi connectivity index (χ0v) is 10.7. The second kappa shape index (κ2) is 6.38. The van der Waals surface area contributed by atoms with E-state index in [0.717, 1.165) is 0 Å². The number of amides is 1. The van der Waals surface area contributed by atoms with E-state index >= 15 is 0 Å². The summed E-state index contributed by atoms with van der Waals surface area (Å²) in [5, 5.41) is 8.67. The summed E-state index contributed by atoms with van der Waals surface area (Å²) in [4.78, 5) is 27.5. The molecule has 6 heteroatoms. The zero-order valence-electron chi connectivity index (χ0n) is 10.7. The molecule has 2 rings (SSSR count). The Hall–Kier alpha value is -2.81. The van der Waals surface area contributed by atoms with Gasteiger partial charge in [0.15, 0.2) is 0 Å². The molecule has 0 bridgehead atoms. The van der Waals surface area contributed by atoms with Crippen molar-refractivity contribution in [1.82, 2.24) is 9.88 Å². The fraction of sp³-hybridized carbons (Fsp3) is 0.214. The van der Waals surface area contributed by atoms with Gasteiger partial charge < -0.3 is 14.3 Å². The van der Waals surface area contributed by atoms with Gasteiger partial charge in [0.1, 0.15) is 11.5 Å². The van der Waals surface area contributed by atoms with Gasteiger partial charge in [0.2, 0.25) is 5.56 Å². The van der Waals surface area contributed by atoms with Crippen LogP contribution < -0.4 is 5.56 Å². The minimum Gasteiger partial charge on any atom is -0.467 e. The van der Waals surface area contributed by atoms with Crippen LogP contribution in [0.1, 0.15) is 22.7 Å². The van der Waals surface area contributed by atoms with Gasteiger partial charge in [0.05, 0.1) is 25.3 Å². The van der Waals surface area contributed by atoms with Gasteiger partial charge in [-0.15, -0.1) is 0 Å². The zero-order chi connectivity index (χ0) is 14.4. The number of carbonyl (C=O) groups is 1. The van der Waals surface area contributed by atoms with Gasteiger partial charge in [-0.2, -0.15) is 5.26 Å². The van der Waals surface area contributed by atoms with Crippen molar-refractivity contribution in [2.75, 3.05) is 6.54 Å². The largest absolute Gasteiger partial charge is 0.467 e. The van der Waals surface area contributed by atoms with Crippen molar-refractivity contribution >= 4 is 5.91 Å². The number of nitrogens with zero attached hydrogens (tertiary/aromatic N) is 2. The highest BCUT2D eigenvalue weighted by Crippen LogP contribution is 2.09. The van der Waals surface area contributed by atoms with Crippen LogP contribution >= 0.6 is 0 Å². The van der Waals surface area contributed by atoms with Crippen molar-refractivity contribution in [2.45, 2.75) is 13.0 Å². The molecule has 1 amide bonds. The van der Waals surface area contributed by atoms with Crippen LogP contribution in [0.2, 0.25) is 0 Å². The van der Waals surface area contributed by atoms with Gasteiger partial charge in [-0.05, 0) is 18.2 Å². The Morgan fingerprint density at radius 3 is 2.85 bits per heavy atom. The number of H-pyrrole nitrogens is 1. The van der Waals surface area contributed by atoms with E-state index in [4.69, 9.17) is 9.68 Å². The van der Waals surface area contributed by atoms with Crippen LogP contribution in [-0.4, -0.2) is 22.3 Å². The molecule has 2 aromatic heterocycles. The summed E-state index contributed by atoms with van der Waals surface area (Å²) in [6, 6.07) is 9.86. The molecule has 102 valence electrons. The maximum absolute atomic E-state index is 12.3. The number of carbonyl (C=O) groups excluding carboxylic acids is 1. The number of hydrogen-bond donors (Lipinski definition) is 1. The van der Waals surface area contributed by atoms with E-state index < -0.39 is 0 Å². The molecule has 0 unspecified atom stereocenters. The predicted molar refractivity (Wildman–Crippen MR) is 70.7 cm³/mol. The Morgan fingerprint density at radius 2 is 2.20 bits per heavy atom. The van der Waals surface area contributed by atoms with Gasteiger partial charge in [0.25, 0.3) is 5.91 Å². The molecule has 0 saturated heterocycles. The lowest BCUT2D eigenvalue weighted by Gasteiger charge is -2.20. The topological polar surface area (TPSA) is 90.1 Å². The first-order chi connectivity index (χ1) is 9.70. The third-order valence-corrected chi connectivity index (χ3v) is 2.71. The molecule has 0 aliphatic heterocycles. The lowest BCUT2D eigenvalue weighted by atomic mass is 10.2. The monoisotopic (exact) mass is 271 g/mol. The van der Waals surface area contributed by atoms with Crippen LogP contribution in [0.5, 0.6) is 0 Å². The summed E-state index contributed by atoms with van der Waals surface area (Å²) in [6.07, 6.45) is 1.73. The number of aromatic nitrogens is 1. The highest BCUT2D eigenvalue weighted by atomic mass is 16.3. The summed E-state index contributed by atoms with van der Waals surface area (Å²) >= 11 is 0. The van der Waals surface area contributed by atoms with E-state index in [0.29, 0.717) is 5.76 Å². The summed E-state index contributed by atoms with van der Waals surface area (Å²) < 4.78 is 5.20. The number of furan rings is 1. The van der Waals surface area contributed by atoms with Crippen molar-refractivity contribution in [3.05, 3.63) is 58.4 Å². The molecule has 2 heterocycles. The molecule has 20 heavy (non-hydrogen) atoms. The Morgan fingerprint density at radius 1 is 1.35 bits per heavy atom. The van der Waals surface area contributed by atoms with E-state index in [-0.39, 0.29) is 36.7 Å². The third-order valence-electron chi connectivity index (χ3n) is 2.71. The average molecular weight is 271 g/mol. The Balaban J connectivity index is 2.19. The van der Waals surface area contributed by atoms with Crippen LogP contribution in [0.3, 0.4) is 0 Å². The van der Waals surface area contributed by atoms with Gasteiger partial charge in [0, 0.05) is 12.6 Å². The first-order valence-corrected chi connectivity index (χ1v) is 6.08. The van der Waals surface area contributed by atoms with Crippen LogP contribution in [0.25, 0.3) is 0 Å². The SMILES string of the molecule is N#CCCN(Cc1ccco1)C(=O)c1cccc(=O)[nH]1. The molecule has 0 aliphatic carbocycles. The molecule has 0 aliphatic rings. The fourth-order valence-corrected chi connectivity index (χ4v) is 1.77. The predicted octanol–water partition coefficient (Wildman–Crippen LogP) is 1.52. The second-order valence-corrected chi connectivity index (χ2v) is 4.14. The van der Waals surface area contributed by atoms with E-state index in [2.05, 4.69) is 4.98 Å². The minimum absolute atomic E-state index is 0.196. The summed E-state index contributed by atoms with van der Waals surface area (Å²) in [5.41, 5.74) is -0.143. The van der Waals surface area contributed by atoms with Crippen molar-refractivity contribution in [1.29, 1.82) is 5.26 Å². The number of hydrogen-bond acceptors (Lipinski definition) is 4. The number of pyridine rings is 1. The van der Waals surface area contributed by atoms with Gasteiger partial charge >= 0.3 is 0 Å². The summed E-state index contributed by atoms with van der Waals surface area (Å²) in [5.74, 6) is 0.281. The molecule has 0 aromatic carbocycles. The number of aromatic amines is 1. The Labute approximate surface area is 115 Å². The van der Waals surface area contributed by atoms with Crippen molar-refractivity contribution < 1.29 is 9.21 Å².